The first kappa shape index (κ1) is 17.9. The van der Waals surface area contributed by atoms with Gasteiger partial charge >= 0.3 is 5.69 Å². The normalized spacial score (nSPS) is 10.0. The Kier molecular flexibility index (Phi) is 5.67. The van der Waals surface area contributed by atoms with E-state index in [2.05, 4.69) is 10.9 Å². The number of nitrogens with one attached hydrogen (secondary N) is 2. The van der Waals surface area contributed by atoms with Crippen molar-refractivity contribution in [3.63, 3.8) is 0 Å². The van der Waals surface area contributed by atoms with Crippen molar-refractivity contribution >= 4 is 17.5 Å². The number of carbonyl (C=O) groups is 2. The minimum absolute atomic E-state index is 0.0247. The number of carbonyl (C=O) groups excluding carboxylic acids is 2. The van der Waals surface area contributed by atoms with Crippen LogP contribution in [0.5, 0.6) is 5.75 Å². The summed E-state index contributed by atoms with van der Waals surface area (Å²) >= 11 is 0. The maximum absolute atomic E-state index is 12.0. The molecule has 25 heavy (non-hydrogen) atoms. The SMILES string of the molecule is Cc1ccc(C(=O)NNC(=O)COc2ccccc2[N+](=O)[O-])c(C)c1. The zero-order chi connectivity index (χ0) is 18.4. The summed E-state index contributed by atoms with van der Waals surface area (Å²) in [5.41, 5.74) is 6.49. The molecule has 0 heterocycles. The Morgan fingerprint density at radius 2 is 1.84 bits per heavy atom. The van der Waals surface area contributed by atoms with Crippen LogP contribution in [-0.2, 0) is 4.79 Å². The molecule has 0 fully saturated rings. The molecule has 0 spiro atoms. The van der Waals surface area contributed by atoms with Gasteiger partial charge in [-0.1, -0.05) is 29.8 Å². The van der Waals surface area contributed by atoms with Crippen molar-refractivity contribution in [3.8, 4) is 5.75 Å². The number of hydrogen-bond acceptors (Lipinski definition) is 5. The molecule has 8 heteroatoms. The van der Waals surface area contributed by atoms with Gasteiger partial charge in [0.25, 0.3) is 11.8 Å². The first-order valence-electron chi connectivity index (χ1n) is 7.41. The molecule has 0 atom stereocenters. The molecule has 0 saturated heterocycles. The number of benzene rings is 2. The van der Waals surface area contributed by atoms with Gasteiger partial charge in [-0.2, -0.15) is 0 Å². The molecule has 2 aromatic rings. The molecule has 0 aromatic heterocycles. The van der Waals surface area contributed by atoms with E-state index in [1.165, 1.54) is 18.2 Å². The summed E-state index contributed by atoms with van der Waals surface area (Å²) in [6.45, 7) is 3.23. The summed E-state index contributed by atoms with van der Waals surface area (Å²) in [4.78, 5) is 34.1. The molecule has 2 N–H and O–H groups in total. The molecule has 0 saturated carbocycles. The Balaban J connectivity index is 1.89. The van der Waals surface area contributed by atoms with Crippen molar-refractivity contribution in [1.29, 1.82) is 0 Å². The van der Waals surface area contributed by atoms with Crippen LogP contribution in [0.15, 0.2) is 42.5 Å². The lowest BCUT2D eigenvalue weighted by atomic mass is 10.1. The molecule has 2 amide bonds. The molecular formula is C17H17N3O5. The van der Waals surface area contributed by atoms with Crippen LogP contribution in [0.4, 0.5) is 5.69 Å². The molecule has 0 radical (unpaired) electrons. The number of hydrazine groups is 1. The Bertz CT molecular complexity index is 820. The van der Waals surface area contributed by atoms with E-state index in [9.17, 15) is 19.7 Å². The molecule has 130 valence electrons. The van der Waals surface area contributed by atoms with Crippen LogP contribution >= 0.6 is 0 Å². The fourth-order valence-corrected chi connectivity index (χ4v) is 2.17. The first-order valence-corrected chi connectivity index (χ1v) is 7.41. The zero-order valence-corrected chi connectivity index (χ0v) is 13.7. The van der Waals surface area contributed by atoms with E-state index in [0.29, 0.717) is 5.56 Å². The van der Waals surface area contributed by atoms with Gasteiger partial charge in [-0.15, -0.1) is 0 Å². The van der Waals surface area contributed by atoms with Crippen LogP contribution in [0.3, 0.4) is 0 Å². The molecule has 0 aliphatic carbocycles. The molecule has 2 rings (SSSR count). The smallest absolute Gasteiger partial charge is 0.310 e. The molecule has 0 unspecified atom stereocenters. The summed E-state index contributed by atoms with van der Waals surface area (Å²) in [6, 6.07) is 11.0. The Hall–Kier alpha value is -3.42. The zero-order valence-electron chi connectivity index (χ0n) is 13.7. The second-order valence-electron chi connectivity index (χ2n) is 5.33. The first-order chi connectivity index (χ1) is 11.9. The van der Waals surface area contributed by atoms with Gasteiger partial charge in [-0.05, 0) is 31.5 Å². The number of nitro groups is 1. The average Bonchev–Trinajstić information content (AvgIpc) is 2.58. The minimum atomic E-state index is -0.642. The summed E-state index contributed by atoms with van der Waals surface area (Å²) in [7, 11) is 0. The van der Waals surface area contributed by atoms with E-state index in [0.717, 1.165) is 11.1 Å². The third kappa shape index (κ3) is 4.77. The number of aryl methyl sites for hydroxylation is 2. The van der Waals surface area contributed by atoms with Crippen LogP contribution < -0.4 is 15.6 Å². The summed E-state index contributed by atoms with van der Waals surface area (Å²) in [5.74, 6) is -1.13. The number of nitrogens with zero attached hydrogens (tertiary/aromatic N) is 1. The third-order valence-corrected chi connectivity index (χ3v) is 3.36. The monoisotopic (exact) mass is 343 g/mol. The predicted molar refractivity (Wildman–Crippen MR) is 90.1 cm³/mol. The maximum atomic E-state index is 12.0. The number of amides is 2. The summed E-state index contributed by atoms with van der Waals surface area (Å²) in [5, 5.41) is 10.9. The number of nitro benzene ring substituents is 1. The molecule has 0 aliphatic heterocycles. The van der Waals surface area contributed by atoms with Gasteiger partial charge in [0.05, 0.1) is 4.92 Å². The molecule has 0 aliphatic rings. The van der Waals surface area contributed by atoms with Gasteiger partial charge in [-0.3, -0.25) is 30.6 Å². The highest BCUT2D eigenvalue weighted by molar-refractivity contribution is 5.96. The quantitative estimate of drug-likeness (QED) is 0.638. The van der Waals surface area contributed by atoms with Gasteiger partial charge in [0.15, 0.2) is 12.4 Å². The van der Waals surface area contributed by atoms with Gasteiger partial charge in [0, 0.05) is 11.6 Å². The van der Waals surface area contributed by atoms with Crippen molar-refractivity contribution in [3.05, 3.63) is 69.3 Å². The Labute approximate surface area is 143 Å². The highest BCUT2D eigenvalue weighted by atomic mass is 16.6. The van der Waals surface area contributed by atoms with E-state index in [-0.39, 0.29) is 11.4 Å². The number of para-hydroxylation sites is 2. The molecule has 0 bridgehead atoms. The standard InChI is InChI=1S/C17H17N3O5/c1-11-7-8-13(12(2)9-11)17(22)19-18-16(21)10-25-15-6-4-3-5-14(15)20(23)24/h3-9H,10H2,1-2H3,(H,18,21)(H,19,22). The third-order valence-electron chi connectivity index (χ3n) is 3.36. The van der Waals surface area contributed by atoms with Crippen LogP contribution in [0.1, 0.15) is 21.5 Å². The van der Waals surface area contributed by atoms with Crippen LogP contribution in [0.25, 0.3) is 0 Å². The lowest BCUT2D eigenvalue weighted by Gasteiger charge is -2.10. The minimum Gasteiger partial charge on any atom is -0.477 e. The van der Waals surface area contributed by atoms with Crippen molar-refractivity contribution in [1.82, 2.24) is 10.9 Å². The highest BCUT2D eigenvalue weighted by Gasteiger charge is 2.15. The summed E-state index contributed by atoms with van der Waals surface area (Å²) in [6.07, 6.45) is 0. The van der Waals surface area contributed by atoms with Crippen molar-refractivity contribution in [2.45, 2.75) is 13.8 Å². The molecule has 2 aromatic carbocycles. The van der Waals surface area contributed by atoms with E-state index in [1.54, 1.807) is 25.1 Å². The summed E-state index contributed by atoms with van der Waals surface area (Å²) < 4.78 is 5.13. The number of rotatable bonds is 5. The maximum Gasteiger partial charge on any atom is 0.310 e. The van der Waals surface area contributed by atoms with E-state index in [4.69, 9.17) is 4.74 Å². The number of ether oxygens (including phenoxy) is 1. The Morgan fingerprint density at radius 3 is 2.52 bits per heavy atom. The van der Waals surface area contributed by atoms with Crippen molar-refractivity contribution in [2.24, 2.45) is 0 Å². The van der Waals surface area contributed by atoms with E-state index < -0.39 is 23.3 Å². The fourth-order valence-electron chi connectivity index (χ4n) is 2.17. The predicted octanol–water partition coefficient (Wildman–Crippen LogP) is 2.05. The lowest BCUT2D eigenvalue weighted by molar-refractivity contribution is -0.385. The molecular weight excluding hydrogens is 326 g/mol. The molecule has 8 nitrogen and oxygen atoms in total. The van der Waals surface area contributed by atoms with E-state index in [1.807, 2.05) is 13.0 Å². The Morgan fingerprint density at radius 1 is 1.12 bits per heavy atom. The van der Waals surface area contributed by atoms with E-state index >= 15 is 0 Å². The second kappa shape index (κ2) is 7.91. The van der Waals surface area contributed by atoms with Crippen LogP contribution in [-0.4, -0.2) is 23.3 Å². The largest absolute Gasteiger partial charge is 0.477 e. The van der Waals surface area contributed by atoms with Gasteiger partial charge < -0.3 is 4.74 Å². The highest BCUT2D eigenvalue weighted by Crippen LogP contribution is 2.25. The van der Waals surface area contributed by atoms with Crippen LogP contribution in [0, 0.1) is 24.0 Å². The fraction of sp³-hybridized carbons (Fsp3) is 0.176. The second-order valence-corrected chi connectivity index (χ2v) is 5.33. The lowest BCUT2D eigenvalue weighted by Crippen LogP contribution is -2.44. The average molecular weight is 343 g/mol. The van der Waals surface area contributed by atoms with Gasteiger partial charge in [0.2, 0.25) is 0 Å². The van der Waals surface area contributed by atoms with Crippen molar-refractivity contribution < 1.29 is 19.2 Å². The van der Waals surface area contributed by atoms with Crippen LogP contribution in [0.2, 0.25) is 0 Å². The van der Waals surface area contributed by atoms with Crippen molar-refractivity contribution in [2.75, 3.05) is 6.61 Å². The van der Waals surface area contributed by atoms with Gasteiger partial charge in [0.1, 0.15) is 0 Å². The topological polar surface area (TPSA) is 111 Å². The number of hydrogen-bond donors (Lipinski definition) is 2. The van der Waals surface area contributed by atoms with Gasteiger partial charge in [-0.25, -0.2) is 0 Å².